The van der Waals surface area contributed by atoms with Crippen molar-refractivity contribution in [1.82, 2.24) is 5.16 Å². The maximum atomic E-state index is 9.71. The first-order chi connectivity index (χ1) is 6.57. The Hall–Kier alpha value is -0.910. The minimum absolute atomic E-state index is 0.130. The maximum absolute atomic E-state index is 9.71. The molecule has 1 aromatic heterocycles. The first-order valence-corrected chi connectivity index (χ1v) is 4.47. The van der Waals surface area contributed by atoms with Gasteiger partial charge in [-0.2, -0.15) is 0 Å². The van der Waals surface area contributed by atoms with Gasteiger partial charge in [-0.15, -0.1) is 0 Å². The molecule has 0 fully saturated rings. The molecule has 5 nitrogen and oxygen atoms in total. The number of aliphatic hydroxyl groups excluding tert-OH is 3. The van der Waals surface area contributed by atoms with Gasteiger partial charge in [-0.25, -0.2) is 0 Å². The van der Waals surface area contributed by atoms with E-state index in [0.29, 0.717) is 17.0 Å². The Morgan fingerprint density at radius 2 is 2.00 bits per heavy atom. The minimum atomic E-state index is -1.05. The van der Waals surface area contributed by atoms with Crippen LogP contribution in [-0.2, 0) is 0 Å². The Labute approximate surface area is 82.0 Å². The number of hydrogen-bond donors (Lipinski definition) is 3. The van der Waals surface area contributed by atoms with Gasteiger partial charge in [0.1, 0.15) is 11.9 Å². The summed E-state index contributed by atoms with van der Waals surface area (Å²) in [6.07, 6.45) is -1.91. The largest absolute Gasteiger partial charge is 0.396 e. The van der Waals surface area contributed by atoms with Gasteiger partial charge < -0.3 is 19.8 Å². The monoisotopic (exact) mass is 201 g/mol. The first kappa shape index (κ1) is 11.2. The van der Waals surface area contributed by atoms with Crippen molar-refractivity contribution in [3.05, 3.63) is 17.0 Å². The van der Waals surface area contributed by atoms with Crippen LogP contribution in [0, 0.1) is 13.8 Å². The highest BCUT2D eigenvalue weighted by Gasteiger charge is 2.24. The highest BCUT2D eigenvalue weighted by atomic mass is 16.5. The summed E-state index contributed by atoms with van der Waals surface area (Å²) < 4.78 is 4.86. The van der Waals surface area contributed by atoms with E-state index >= 15 is 0 Å². The molecule has 0 spiro atoms. The third-order valence-corrected chi connectivity index (χ3v) is 2.17. The first-order valence-electron chi connectivity index (χ1n) is 4.47. The van der Waals surface area contributed by atoms with Crippen LogP contribution in [0.2, 0.25) is 0 Å². The second-order valence-electron chi connectivity index (χ2n) is 3.26. The fourth-order valence-electron chi connectivity index (χ4n) is 1.39. The van der Waals surface area contributed by atoms with Crippen LogP contribution >= 0.6 is 0 Å². The van der Waals surface area contributed by atoms with Gasteiger partial charge in [0.25, 0.3) is 0 Å². The fraction of sp³-hybridized carbons (Fsp3) is 0.667. The molecule has 1 rings (SSSR count). The van der Waals surface area contributed by atoms with Gasteiger partial charge >= 0.3 is 0 Å². The van der Waals surface area contributed by atoms with E-state index in [1.165, 1.54) is 0 Å². The van der Waals surface area contributed by atoms with Crippen molar-refractivity contribution in [2.24, 2.45) is 0 Å². The molecule has 3 N–H and O–H groups in total. The number of hydrogen-bond acceptors (Lipinski definition) is 5. The lowest BCUT2D eigenvalue weighted by atomic mass is 10.0. The van der Waals surface area contributed by atoms with Crippen LogP contribution < -0.4 is 0 Å². The topological polar surface area (TPSA) is 86.7 Å². The third-order valence-electron chi connectivity index (χ3n) is 2.17. The minimum Gasteiger partial charge on any atom is -0.396 e. The molecule has 14 heavy (non-hydrogen) atoms. The highest BCUT2D eigenvalue weighted by Crippen LogP contribution is 2.25. The van der Waals surface area contributed by atoms with Crippen molar-refractivity contribution >= 4 is 0 Å². The standard InChI is InChI=1S/C9H15NO4/c1-5-8(6(2)14-10-5)9(13)7(12)3-4-11/h7,9,11-13H,3-4H2,1-2H3. The van der Waals surface area contributed by atoms with Crippen molar-refractivity contribution in [3.63, 3.8) is 0 Å². The van der Waals surface area contributed by atoms with Gasteiger partial charge in [-0.05, 0) is 20.3 Å². The summed E-state index contributed by atoms with van der Waals surface area (Å²) in [5, 5.41) is 31.5. The van der Waals surface area contributed by atoms with Crippen LogP contribution in [0.3, 0.4) is 0 Å². The number of rotatable bonds is 4. The van der Waals surface area contributed by atoms with Gasteiger partial charge in [-0.1, -0.05) is 5.16 Å². The highest BCUT2D eigenvalue weighted by molar-refractivity contribution is 5.24. The molecule has 1 aromatic rings. The molecular formula is C9H15NO4. The van der Waals surface area contributed by atoms with E-state index in [9.17, 15) is 10.2 Å². The zero-order valence-electron chi connectivity index (χ0n) is 8.27. The van der Waals surface area contributed by atoms with E-state index in [4.69, 9.17) is 9.63 Å². The lowest BCUT2D eigenvalue weighted by Gasteiger charge is -2.16. The molecule has 0 saturated heterocycles. The van der Waals surface area contributed by atoms with Gasteiger partial charge in [0.2, 0.25) is 0 Å². The van der Waals surface area contributed by atoms with E-state index in [1.54, 1.807) is 13.8 Å². The van der Waals surface area contributed by atoms with E-state index in [1.807, 2.05) is 0 Å². The van der Waals surface area contributed by atoms with E-state index in [2.05, 4.69) is 5.16 Å². The van der Waals surface area contributed by atoms with Crippen LogP contribution in [0.5, 0.6) is 0 Å². The molecule has 1 heterocycles. The van der Waals surface area contributed by atoms with E-state index < -0.39 is 12.2 Å². The average molecular weight is 201 g/mol. The number of aliphatic hydroxyl groups is 3. The van der Waals surface area contributed by atoms with Crippen molar-refractivity contribution in [1.29, 1.82) is 0 Å². The number of aromatic nitrogens is 1. The maximum Gasteiger partial charge on any atom is 0.139 e. The Balaban J connectivity index is 2.82. The van der Waals surface area contributed by atoms with Crippen LogP contribution in [0.15, 0.2) is 4.52 Å². The SMILES string of the molecule is Cc1noc(C)c1C(O)C(O)CCO. The molecule has 0 aliphatic heterocycles. The Morgan fingerprint density at radius 1 is 1.36 bits per heavy atom. The normalized spacial score (nSPS) is 15.5. The van der Waals surface area contributed by atoms with Crippen molar-refractivity contribution in [3.8, 4) is 0 Å². The van der Waals surface area contributed by atoms with Crippen LogP contribution in [0.1, 0.15) is 29.5 Å². The van der Waals surface area contributed by atoms with Crippen LogP contribution in [0.25, 0.3) is 0 Å². The Kier molecular flexibility index (Phi) is 3.62. The molecule has 0 radical (unpaired) electrons. The van der Waals surface area contributed by atoms with Crippen molar-refractivity contribution < 1.29 is 19.8 Å². The molecule has 2 unspecified atom stereocenters. The predicted molar refractivity (Wildman–Crippen MR) is 48.6 cm³/mol. The van der Waals surface area contributed by atoms with Gasteiger partial charge in [0.05, 0.1) is 11.8 Å². The molecule has 0 aliphatic carbocycles. The second-order valence-corrected chi connectivity index (χ2v) is 3.26. The summed E-state index contributed by atoms with van der Waals surface area (Å²) in [5.41, 5.74) is 1.07. The lowest BCUT2D eigenvalue weighted by Crippen LogP contribution is -2.20. The van der Waals surface area contributed by atoms with Crippen molar-refractivity contribution in [2.75, 3.05) is 6.61 Å². The molecule has 0 amide bonds. The molecular weight excluding hydrogens is 186 g/mol. The number of nitrogens with zero attached hydrogens (tertiary/aromatic N) is 1. The van der Waals surface area contributed by atoms with Gasteiger partial charge in [-0.3, -0.25) is 0 Å². The zero-order valence-corrected chi connectivity index (χ0v) is 8.27. The smallest absolute Gasteiger partial charge is 0.139 e. The third kappa shape index (κ3) is 2.12. The van der Waals surface area contributed by atoms with Crippen LogP contribution in [0.4, 0.5) is 0 Å². The van der Waals surface area contributed by atoms with Gasteiger partial charge in [0, 0.05) is 12.2 Å². The van der Waals surface area contributed by atoms with E-state index in [-0.39, 0.29) is 13.0 Å². The second kappa shape index (κ2) is 4.54. The molecule has 80 valence electrons. The molecule has 0 bridgehead atoms. The van der Waals surface area contributed by atoms with Crippen LogP contribution in [-0.4, -0.2) is 33.2 Å². The summed E-state index contributed by atoms with van der Waals surface area (Å²) in [4.78, 5) is 0. The summed E-state index contributed by atoms with van der Waals surface area (Å²) in [6.45, 7) is 3.20. The molecule has 2 atom stereocenters. The Bertz CT molecular complexity index is 278. The molecule has 0 saturated carbocycles. The predicted octanol–water partition coefficient (Wildman–Crippen LogP) is 0.0681. The zero-order chi connectivity index (χ0) is 10.7. The molecule has 5 heteroatoms. The lowest BCUT2D eigenvalue weighted by molar-refractivity contribution is 0.00318. The number of aryl methyl sites for hydroxylation is 2. The summed E-state index contributed by atoms with van der Waals surface area (Å²) >= 11 is 0. The molecule has 0 aromatic carbocycles. The van der Waals surface area contributed by atoms with Gasteiger partial charge in [0.15, 0.2) is 0 Å². The van der Waals surface area contributed by atoms with E-state index in [0.717, 1.165) is 0 Å². The van der Waals surface area contributed by atoms with Crippen molar-refractivity contribution in [2.45, 2.75) is 32.5 Å². The fourth-order valence-corrected chi connectivity index (χ4v) is 1.39. The summed E-state index contributed by atoms with van der Waals surface area (Å²) in [5.74, 6) is 0.493. The summed E-state index contributed by atoms with van der Waals surface area (Å²) in [7, 11) is 0. The average Bonchev–Trinajstić information content (AvgIpc) is 2.46. The summed E-state index contributed by atoms with van der Waals surface area (Å²) in [6, 6.07) is 0. The Morgan fingerprint density at radius 3 is 2.43 bits per heavy atom. The quantitative estimate of drug-likeness (QED) is 0.641. The molecule has 0 aliphatic rings.